The van der Waals surface area contributed by atoms with E-state index in [1.807, 2.05) is 31.0 Å². The summed E-state index contributed by atoms with van der Waals surface area (Å²) in [4.78, 5) is 20.9. The van der Waals surface area contributed by atoms with Crippen molar-refractivity contribution in [2.45, 2.75) is 33.1 Å². The summed E-state index contributed by atoms with van der Waals surface area (Å²) in [7, 11) is 2.19. The Labute approximate surface area is 128 Å². The van der Waals surface area contributed by atoms with Crippen molar-refractivity contribution in [2.75, 3.05) is 33.2 Å². The highest BCUT2D eigenvalue weighted by molar-refractivity contribution is 5.94. The molecule has 0 aromatic carbocycles. The molecule has 1 aliphatic rings. The fourth-order valence-electron chi connectivity index (χ4n) is 3.18. The van der Waals surface area contributed by atoms with Crippen molar-refractivity contribution in [2.24, 2.45) is 5.92 Å². The molecule has 0 radical (unpaired) electrons. The number of amides is 1. The van der Waals surface area contributed by atoms with Crippen LogP contribution in [0.5, 0.6) is 0 Å². The minimum absolute atomic E-state index is 0.0927. The first-order valence-corrected chi connectivity index (χ1v) is 8.05. The van der Waals surface area contributed by atoms with Crippen molar-refractivity contribution in [3.63, 3.8) is 0 Å². The number of likely N-dealkylation sites (tertiary alicyclic amines) is 1. The zero-order valence-corrected chi connectivity index (χ0v) is 13.5. The second-order valence-corrected chi connectivity index (χ2v) is 6.03. The fraction of sp³-hybridized carbons (Fsp3) is 0.647. The summed E-state index contributed by atoms with van der Waals surface area (Å²) in [6, 6.07) is 2.03. The molecule has 1 aromatic heterocycles. The number of carbonyl (C=O) groups is 1. The second kappa shape index (κ2) is 7.55. The van der Waals surface area contributed by atoms with E-state index in [0.717, 1.165) is 31.6 Å². The van der Waals surface area contributed by atoms with Gasteiger partial charge in [0.2, 0.25) is 0 Å². The lowest BCUT2D eigenvalue weighted by molar-refractivity contribution is 0.0772. The van der Waals surface area contributed by atoms with E-state index in [9.17, 15) is 4.79 Å². The average molecular weight is 289 g/mol. The summed E-state index contributed by atoms with van der Waals surface area (Å²) in [5.74, 6) is 0.777. The van der Waals surface area contributed by atoms with Crippen LogP contribution in [0.25, 0.3) is 0 Å². The van der Waals surface area contributed by atoms with Gasteiger partial charge in [0.25, 0.3) is 5.91 Å². The molecule has 2 heterocycles. The van der Waals surface area contributed by atoms with Gasteiger partial charge < -0.3 is 9.80 Å². The zero-order chi connectivity index (χ0) is 15.2. The maximum atomic E-state index is 12.4. The van der Waals surface area contributed by atoms with Crippen molar-refractivity contribution in [1.82, 2.24) is 14.8 Å². The summed E-state index contributed by atoms with van der Waals surface area (Å²) < 4.78 is 0. The molecule has 1 saturated heterocycles. The molecule has 2 rings (SSSR count). The van der Waals surface area contributed by atoms with E-state index in [1.54, 1.807) is 6.20 Å². The topological polar surface area (TPSA) is 36.4 Å². The Morgan fingerprint density at radius 3 is 2.81 bits per heavy atom. The average Bonchev–Trinajstić information content (AvgIpc) is 2.48. The van der Waals surface area contributed by atoms with Gasteiger partial charge in [0.1, 0.15) is 0 Å². The standard InChI is InChI=1S/C17H27N3O/c1-4-20(5-2)17(21)16-10-15(11-18-12-16)9-14-7-6-8-19(3)13-14/h10-12,14H,4-9,13H2,1-3H3/t14-/m0/s1. The Bertz CT molecular complexity index is 471. The smallest absolute Gasteiger partial charge is 0.255 e. The Hall–Kier alpha value is -1.42. The van der Waals surface area contributed by atoms with E-state index in [0.29, 0.717) is 5.92 Å². The number of rotatable bonds is 5. The van der Waals surface area contributed by atoms with E-state index in [4.69, 9.17) is 0 Å². The molecule has 21 heavy (non-hydrogen) atoms. The van der Waals surface area contributed by atoms with Crippen molar-refractivity contribution in [3.05, 3.63) is 29.6 Å². The SMILES string of the molecule is CCN(CC)C(=O)c1cncc(C[C@@H]2CCCN(C)C2)c1. The molecule has 0 saturated carbocycles. The lowest BCUT2D eigenvalue weighted by Crippen LogP contribution is -2.33. The van der Waals surface area contributed by atoms with Gasteiger partial charge in [-0.3, -0.25) is 9.78 Å². The largest absolute Gasteiger partial charge is 0.339 e. The van der Waals surface area contributed by atoms with Crippen LogP contribution in [0, 0.1) is 5.92 Å². The molecule has 0 spiro atoms. The van der Waals surface area contributed by atoms with Gasteiger partial charge >= 0.3 is 0 Å². The number of nitrogens with zero attached hydrogens (tertiary/aromatic N) is 3. The number of carbonyl (C=O) groups excluding carboxylic acids is 1. The number of piperidine rings is 1. The number of aromatic nitrogens is 1. The van der Waals surface area contributed by atoms with Crippen molar-refractivity contribution in [3.8, 4) is 0 Å². The highest BCUT2D eigenvalue weighted by Crippen LogP contribution is 2.20. The Morgan fingerprint density at radius 2 is 2.14 bits per heavy atom. The summed E-state index contributed by atoms with van der Waals surface area (Å²) in [5, 5.41) is 0. The van der Waals surface area contributed by atoms with Crippen LogP contribution in [0.3, 0.4) is 0 Å². The fourth-order valence-corrected chi connectivity index (χ4v) is 3.18. The molecule has 0 unspecified atom stereocenters. The third kappa shape index (κ3) is 4.27. The van der Waals surface area contributed by atoms with Gasteiger partial charge in [-0.2, -0.15) is 0 Å². The van der Waals surface area contributed by atoms with Gasteiger partial charge in [0.05, 0.1) is 5.56 Å². The van der Waals surface area contributed by atoms with Crippen LogP contribution in [0.1, 0.15) is 42.6 Å². The summed E-state index contributed by atoms with van der Waals surface area (Å²) in [6.45, 7) is 7.86. The van der Waals surface area contributed by atoms with Crippen molar-refractivity contribution >= 4 is 5.91 Å². The third-order valence-corrected chi connectivity index (χ3v) is 4.34. The molecule has 1 aromatic rings. The van der Waals surface area contributed by atoms with Crippen LogP contribution < -0.4 is 0 Å². The maximum Gasteiger partial charge on any atom is 0.255 e. The molecule has 0 N–H and O–H groups in total. The van der Waals surface area contributed by atoms with Gasteiger partial charge in [-0.1, -0.05) is 0 Å². The van der Waals surface area contributed by atoms with E-state index in [2.05, 4.69) is 16.9 Å². The maximum absolute atomic E-state index is 12.4. The summed E-state index contributed by atoms with van der Waals surface area (Å²) in [6.07, 6.45) is 7.17. The molecule has 1 amide bonds. The predicted molar refractivity (Wildman–Crippen MR) is 85.4 cm³/mol. The van der Waals surface area contributed by atoms with Crippen molar-refractivity contribution in [1.29, 1.82) is 0 Å². The monoisotopic (exact) mass is 289 g/mol. The van der Waals surface area contributed by atoms with Gasteiger partial charge in [0.15, 0.2) is 0 Å². The second-order valence-electron chi connectivity index (χ2n) is 6.03. The first-order valence-electron chi connectivity index (χ1n) is 8.05. The van der Waals surface area contributed by atoms with Gasteiger partial charge in [0, 0.05) is 32.0 Å². The van der Waals surface area contributed by atoms with Gasteiger partial charge in [-0.25, -0.2) is 0 Å². The molecule has 4 heteroatoms. The summed E-state index contributed by atoms with van der Waals surface area (Å²) >= 11 is 0. The van der Waals surface area contributed by atoms with Gasteiger partial charge in [-0.05, 0) is 64.3 Å². The Morgan fingerprint density at radius 1 is 1.38 bits per heavy atom. The number of hydrogen-bond donors (Lipinski definition) is 0. The normalized spacial score (nSPS) is 19.5. The van der Waals surface area contributed by atoms with Crippen LogP contribution in [0.2, 0.25) is 0 Å². The van der Waals surface area contributed by atoms with E-state index >= 15 is 0 Å². The lowest BCUT2D eigenvalue weighted by Gasteiger charge is -2.29. The minimum atomic E-state index is 0.0927. The number of pyridine rings is 1. The lowest BCUT2D eigenvalue weighted by atomic mass is 9.92. The van der Waals surface area contributed by atoms with Crippen LogP contribution in [0.15, 0.2) is 18.5 Å². The van der Waals surface area contributed by atoms with E-state index in [1.165, 1.54) is 24.9 Å². The molecular formula is C17H27N3O. The third-order valence-electron chi connectivity index (χ3n) is 4.34. The minimum Gasteiger partial charge on any atom is -0.339 e. The molecule has 1 fully saturated rings. The first kappa shape index (κ1) is 16.0. The zero-order valence-electron chi connectivity index (χ0n) is 13.5. The quantitative estimate of drug-likeness (QED) is 0.835. The van der Waals surface area contributed by atoms with E-state index < -0.39 is 0 Å². The van der Waals surface area contributed by atoms with Crippen LogP contribution in [0.4, 0.5) is 0 Å². The molecule has 0 bridgehead atoms. The predicted octanol–water partition coefficient (Wildman–Crippen LogP) is 2.45. The van der Waals surface area contributed by atoms with Crippen molar-refractivity contribution < 1.29 is 4.79 Å². The highest BCUT2D eigenvalue weighted by Gasteiger charge is 2.19. The molecule has 1 aliphatic heterocycles. The van der Waals surface area contributed by atoms with Crippen LogP contribution in [-0.2, 0) is 6.42 Å². The Balaban J connectivity index is 2.05. The molecule has 4 nitrogen and oxygen atoms in total. The van der Waals surface area contributed by atoms with Crippen LogP contribution in [-0.4, -0.2) is 53.9 Å². The van der Waals surface area contributed by atoms with Crippen LogP contribution >= 0.6 is 0 Å². The summed E-state index contributed by atoms with van der Waals surface area (Å²) in [5.41, 5.74) is 1.91. The first-order chi connectivity index (χ1) is 10.1. The highest BCUT2D eigenvalue weighted by atomic mass is 16.2. The molecule has 1 atom stereocenters. The van der Waals surface area contributed by atoms with Gasteiger partial charge in [-0.15, -0.1) is 0 Å². The van der Waals surface area contributed by atoms with E-state index in [-0.39, 0.29) is 5.91 Å². The molecular weight excluding hydrogens is 262 g/mol. The number of hydrogen-bond acceptors (Lipinski definition) is 3. The Kier molecular flexibility index (Phi) is 5.74. The molecule has 0 aliphatic carbocycles. The molecule has 116 valence electrons.